The number of ether oxygens (including phenoxy) is 3. The topological polar surface area (TPSA) is 27.7 Å². The fourth-order valence-electron chi connectivity index (χ4n) is 2.15. The van der Waals surface area contributed by atoms with E-state index in [0.29, 0.717) is 19.8 Å². The summed E-state index contributed by atoms with van der Waals surface area (Å²) in [6.07, 6.45) is 0. The van der Waals surface area contributed by atoms with Crippen molar-refractivity contribution in [2.45, 2.75) is 19.8 Å². The maximum absolute atomic E-state index is 4.97. The van der Waals surface area contributed by atoms with Crippen molar-refractivity contribution < 1.29 is 31.6 Å². The monoisotopic (exact) mass is 601 g/mol. The maximum Gasteiger partial charge on any atom is 3.00 e. The molecule has 0 amide bonds. The first kappa shape index (κ1) is 32.5. The van der Waals surface area contributed by atoms with Crippen molar-refractivity contribution in [3.63, 3.8) is 0 Å². The molecule has 1 radical (unpaired) electrons. The van der Waals surface area contributed by atoms with Gasteiger partial charge in [0.25, 0.3) is 0 Å². The molecular formula is C24H21CrO3S6. The molecule has 0 heterocycles. The molecule has 34 heavy (non-hydrogen) atoms. The summed E-state index contributed by atoms with van der Waals surface area (Å²) < 4.78 is 15.4. The van der Waals surface area contributed by atoms with E-state index in [2.05, 4.69) is 74.5 Å². The van der Waals surface area contributed by atoms with Crippen LogP contribution in [0.4, 0.5) is 0 Å². The van der Waals surface area contributed by atoms with Crippen molar-refractivity contribution in [3.8, 4) is 0 Å². The summed E-state index contributed by atoms with van der Waals surface area (Å²) >= 11 is 27.5. The van der Waals surface area contributed by atoms with Crippen LogP contribution in [-0.4, -0.2) is 13.1 Å². The van der Waals surface area contributed by atoms with Crippen molar-refractivity contribution in [1.29, 1.82) is 0 Å². The van der Waals surface area contributed by atoms with Gasteiger partial charge in [-0.05, 0) is 16.7 Å². The van der Waals surface area contributed by atoms with Crippen LogP contribution in [0, 0.1) is 0 Å². The molecule has 0 atom stereocenters. The molecule has 177 valence electrons. The van der Waals surface area contributed by atoms with E-state index in [4.69, 9.17) is 14.2 Å². The summed E-state index contributed by atoms with van der Waals surface area (Å²) in [5, 5.41) is 0. The van der Waals surface area contributed by atoms with Crippen LogP contribution >= 0.6 is 36.7 Å². The van der Waals surface area contributed by atoms with Gasteiger partial charge in [0.2, 0.25) is 0 Å². The minimum Gasteiger partial charge on any atom is -0.509 e. The van der Waals surface area contributed by atoms with Gasteiger partial charge in [-0.1, -0.05) is 91.0 Å². The van der Waals surface area contributed by atoms with Gasteiger partial charge in [0, 0.05) is 13.1 Å². The number of hydrogen-bond donors (Lipinski definition) is 0. The molecule has 0 aliphatic rings. The average Bonchev–Trinajstić information content (AvgIpc) is 2.83. The SMILES string of the molecule is S=C([S-])OCc1ccccc1.S=C([S-])OCc1ccccc1.S=C([S-])OCc1ccccc1.[Cr+3]. The first-order valence-electron chi connectivity index (χ1n) is 9.50. The predicted octanol–water partition coefficient (Wildman–Crippen LogP) is 6.10. The van der Waals surface area contributed by atoms with Gasteiger partial charge in [-0.2, -0.15) is 0 Å². The smallest absolute Gasteiger partial charge is 0.509 e. The third-order valence-corrected chi connectivity index (χ3v) is 4.31. The fourth-order valence-corrected chi connectivity index (χ4v) is 2.50. The number of benzene rings is 3. The Balaban J connectivity index is 0.000000473. The van der Waals surface area contributed by atoms with E-state index in [1.165, 1.54) is 0 Å². The Kier molecular flexibility index (Phi) is 20.0. The second-order valence-electron chi connectivity index (χ2n) is 6.07. The molecule has 10 heteroatoms. The minimum atomic E-state index is 0. The van der Waals surface area contributed by atoms with Crippen LogP contribution in [0.3, 0.4) is 0 Å². The molecule has 0 spiro atoms. The van der Waals surface area contributed by atoms with E-state index >= 15 is 0 Å². The molecular weight excluding hydrogens is 581 g/mol. The summed E-state index contributed by atoms with van der Waals surface area (Å²) in [7, 11) is 0. The molecule has 3 rings (SSSR count). The number of hydrogen-bond acceptors (Lipinski definition) is 9. The van der Waals surface area contributed by atoms with Crippen LogP contribution in [0.2, 0.25) is 0 Å². The quantitative estimate of drug-likeness (QED) is 0.245. The standard InChI is InChI=1S/3C8H8OS2.Cr/c3*10-8(11)9-6-7-4-2-1-3-5-7;/h3*1-5H,6H2,(H,10,11);/q;;;+3/p-3. The first-order valence-corrected chi connectivity index (χ1v) is 11.9. The third-order valence-electron chi connectivity index (χ3n) is 3.60. The number of thiocarbonyl (C=S) groups is 3. The molecule has 0 saturated carbocycles. The zero-order valence-electron chi connectivity index (χ0n) is 17.9. The van der Waals surface area contributed by atoms with Crippen LogP contribution in [0.15, 0.2) is 91.0 Å². The van der Waals surface area contributed by atoms with E-state index in [1.807, 2.05) is 91.0 Å². The maximum atomic E-state index is 4.97. The van der Waals surface area contributed by atoms with Gasteiger partial charge >= 0.3 is 17.4 Å². The zero-order chi connectivity index (χ0) is 24.3. The van der Waals surface area contributed by atoms with E-state index in [1.54, 1.807) is 0 Å². The predicted molar refractivity (Wildman–Crippen MR) is 154 cm³/mol. The van der Waals surface area contributed by atoms with E-state index in [-0.39, 0.29) is 30.5 Å². The Morgan fingerprint density at radius 3 is 0.853 bits per heavy atom. The second kappa shape index (κ2) is 20.9. The van der Waals surface area contributed by atoms with E-state index in [0.717, 1.165) is 16.7 Å². The summed E-state index contributed by atoms with van der Waals surface area (Å²) in [5.41, 5.74) is 3.25. The first-order chi connectivity index (χ1) is 15.9. The summed E-state index contributed by atoms with van der Waals surface area (Å²) in [6, 6.07) is 29.4. The van der Waals surface area contributed by atoms with Gasteiger partial charge in [-0.15, -0.1) is 0 Å². The Bertz CT molecular complexity index is 833. The largest absolute Gasteiger partial charge is 3.00 e. The van der Waals surface area contributed by atoms with Crippen LogP contribution in [0.1, 0.15) is 16.7 Å². The summed E-state index contributed by atoms with van der Waals surface area (Å²) in [4.78, 5) is 0. The van der Waals surface area contributed by atoms with Crippen molar-refractivity contribution in [2.75, 3.05) is 0 Å². The third kappa shape index (κ3) is 18.9. The Morgan fingerprint density at radius 2 is 0.676 bits per heavy atom. The summed E-state index contributed by atoms with van der Waals surface area (Å²) in [6.45, 7) is 1.43. The molecule has 0 saturated heterocycles. The molecule has 0 unspecified atom stereocenters. The molecule has 3 aromatic carbocycles. The van der Waals surface area contributed by atoms with Crippen molar-refractivity contribution in [1.82, 2.24) is 0 Å². The second-order valence-corrected chi connectivity index (χ2v) is 9.07. The van der Waals surface area contributed by atoms with Crippen molar-refractivity contribution >= 4 is 87.7 Å². The van der Waals surface area contributed by atoms with Crippen LogP contribution in [-0.2, 0) is 89.3 Å². The normalized spacial score (nSPS) is 8.82. The molecule has 0 aliphatic heterocycles. The molecule has 0 fully saturated rings. The minimum absolute atomic E-state index is 0. The van der Waals surface area contributed by atoms with Gasteiger partial charge in [0.15, 0.2) is 0 Å². The van der Waals surface area contributed by atoms with Gasteiger partial charge in [0.05, 0.1) is 0 Å². The summed E-state index contributed by atoms with van der Waals surface area (Å²) in [5.74, 6) is 0. The van der Waals surface area contributed by atoms with Crippen molar-refractivity contribution in [3.05, 3.63) is 108 Å². The molecule has 0 N–H and O–H groups in total. The zero-order valence-corrected chi connectivity index (χ0v) is 24.0. The van der Waals surface area contributed by atoms with Gasteiger partial charge in [-0.25, -0.2) is 0 Å². The van der Waals surface area contributed by atoms with E-state index < -0.39 is 0 Å². The number of rotatable bonds is 6. The van der Waals surface area contributed by atoms with Crippen molar-refractivity contribution in [2.24, 2.45) is 0 Å². The van der Waals surface area contributed by atoms with Gasteiger partial charge in [0.1, 0.15) is 19.8 Å². The van der Waals surface area contributed by atoms with Gasteiger partial charge in [-0.3, -0.25) is 0 Å². The molecule has 3 nitrogen and oxygen atoms in total. The molecule has 0 aliphatic carbocycles. The molecule has 0 aromatic heterocycles. The molecule has 0 bridgehead atoms. The average molecular weight is 602 g/mol. The van der Waals surface area contributed by atoms with Gasteiger partial charge < -0.3 is 88.8 Å². The van der Waals surface area contributed by atoms with E-state index in [9.17, 15) is 0 Å². The van der Waals surface area contributed by atoms with Crippen LogP contribution in [0.25, 0.3) is 0 Å². The molecule has 3 aromatic rings. The Morgan fingerprint density at radius 1 is 0.471 bits per heavy atom. The van der Waals surface area contributed by atoms with Crippen LogP contribution < -0.4 is 0 Å². The van der Waals surface area contributed by atoms with Crippen LogP contribution in [0.5, 0.6) is 0 Å². The fraction of sp³-hybridized carbons (Fsp3) is 0.125. The Labute approximate surface area is 245 Å². The Hall–Kier alpha value is -1.48.